The Morgan fingerprint density at radius 3 is 2.52 bits per heavy atom. The van der Waals surface area contributed by atoms with Gasteiger partial charge in [0.1, 0.15) is 30.3 Å². The van der Waals surface area contributed by atoms with Gasteiger partial charge in [0.2, 0.25) is 5.91 Å². The van der Waals surface area contributed by atoms with Gasteiger partial charge in [0, 0.05) is 30.2 Å². The number of nitrogens with zero attached hydrogens (tertiary/aromatic N) is 5. The second-order valence-electron chi connectivity index (χ2n) is 8.83. The van der Waals surface area contributed by atoms with Crippen LogP contribution in [-0.4, -0.2) is 90.2 Å². The molecule has 0 saturated carbocycles. The number of hydrogen-bond acceptors (Lipinski definition) is 10. The maximum Gasteiger partial charge on any atom is 0.409 e. The predicted molar refractivity (Wildman–Crippen MR) is 142 cm³/mol. The summed E-state index contributed by atoms with van der Waals surface area (Å²) in [6.45, 7) is 3.03. The van der Waals surface area contributed by atoms with Gasteiger partial charge in [-0.1, -0.05) is 29.4 Å². The first-order chi connectivity index (χ1) is 19.2. The number of carbonyl (C=O) groups is 5. The number of fused-ring (bicyclic) bond motifs is 1. The summed E-state index contributed by atoms with van der Waals surface area (Å²) in [5.74, 6) is -1.94. The van der Waals surface area contributed by atoms with Crippen molar-refractivity contribution in [3.63, 3.8) is 0 Å². The fraction of sp³-hybridized carbons (Fsp3) is 0.480. The number of carbonyl (C=O) groups excluding carboxylic acids is 5. The first-order valence-electron chi connectivity index (χ1n) is 12.4. The van der Waals surface area contributed by atoms with Crippen LogP contribution in [0.3, 0.4) is 0 Å². The molecule has 0 bridgehead atoms. The van der Waals surface area contributed by atoms with Gasteiger partial charge < -0.3 is 24.4 Å². The average Bonchev–Trinajstić information content (AvgIpc) is 2.93. The fourth-order valence-electron chi connectivity index (χ4n) is 3.93. The molecule has 1 aromatic rings. The topological polar surface area (TPSA) is 180 Å². The van der Waals surface area contributed by atoms with Gasteiger partial charge in [-0.25, -0.2) is 9.59 Å². The van der Waals surface area contributed by atoms with Crippen molar-refractivity contribution >= 4 is 41.6 Å². The van der Waals surface area contributed by atoms with E-state index in [4.69, 9.17) is 19.7 Å². The van der Waals surface area contributed by atoms with Crippen molar-refractivity contribution in [2.45, 2.75) is 38.2 Å². The SMILES string of the molecule is CCOC(=O)N(C)CCOC(=O)C1=C(COC(C)=O)CSC2C(NC(=O)Cc3ccc(CN=[N+]=[N-])cc3)C(=O)N12. The summed E-state index contributed by atoms with van der Waals surface area (Å²) in [7, 11) is 1.49. The summed E-state index contributed by atoms with van der Waals surface area (Å²) >= 11 is 1.33. The molecule has 1 fully saturated rings. The van der Waals surface area contributed by atoms with Crippen LogP contribution in [0.1, 0.15) is 25.0 Å². The lowest BCUT2D eigenvalue weighted by molar-refractivity contribution is -0.153. The van der Waals surface area contributed by atoms with Gasteiger partial charge in [0.25, 0.3) is 5.91 Å². The maximum atomic E-state index is 13.1. The van der Waals surface area contributed by atoms with Crippen LogP contribution in [0.4, 0.5) is 4.79 Å². The Labute approximate surface area is 234 Å². The van der Waals surface area contributed by atoms with Crippen LogP contribution in [-0.2, 0) is 46.4 Å². The molecule has 1 N–H and O–H groups in total. The van der Waals surface area contributed by atoms with E-state index in [1.165, 1.54) is 35.5 Å². The van der Waals surface area contributed by atoms with E-state index < -0.39 is 35.4 Å². The summed E-state index contributed by atoms with van der Waals surface area (Å²) in [6, 6.07) is 6.13. The zero-order valence-electron chi connectivity index (χ0n) is 22.3. The van der Waals surface area contributed by atoms with E-state index >= 15 is 0 Å². The molecule has 1 saturated heterocycles. The van der Waals surface area contributed by atoms with Gasteiger partial charge in [-0.15, -0.1) is 11.8 Å². The molecule has 0 radical (unpaired) electrons. The highest BCUT2D eigenvalue weighted by atomic mass is 32.2. The largest absolute Gasteiger partial charge is 0.461 e. The van der Waals surface area contributed by atoms with Crippen LogP contribution in [0.15, 0.2) is 40.6 Å². The lowest BCUT2D eigenvalue weighted by atomic mass is 10.0. The molecule has 0 spiro atoms. The molecule has 2 unspecified atom stereocenters. The number of rotatable bonds is 12. The summed E-state index contributed by atoms with van der Waals surface area (Å²) in [4.78, 5) is 67.2. The van der Waals surface area contributed by atoms with Crippen molar-refractivity contribution in [1.29, 1.82) is 0 Å². The van der Waals surface area contributed by atoms with Crippen molar-refractivity contribution in [3.05, 3.63) is 57.1 Å². The summed E-state index contributed by atoms with van der Waals surface area (Å²) in [6.07, 6.45) is -0.539. The number of ether oxygens (including phenoxy) is 3. The Morgan fingerprint density at radius 2 is 1.88 bits per heavy atom. The number of hydrogen-bond donors (Lipinski definition) is 1. The lowest BCUT2D eigenvalue weighted by Gasteiger charge is -2.49. The first-order valence-corrected chi connectivity index (χ1v) is 13.4. The van der Waals surface area contributed by atoms with Crippen LogP contribution < -0.4 is 5.32 Å². The van der Waals surface area contributed by atoms with Crippen molar-refractivity contribution in [2.24, 2.45) is 5.11 Å². The highest BCUT2D eigenvalue weighted by molar-refractivity contribution is 8.00. The number of benzene rings is 1. The Hall–Kier alpha value is -4.23. The van der Waals surface area contributed by atoms with E-state index in [1.807, 2.05) is 0 Å². The van der Waals surface area contributed by atoms with Gasteiger partial charge in [0.05, 0.1) is 26.1 Å². The summed E-state index contributed by atoms with van der Waals surface area (Å²) in [5.41, 5.74) is 10.3. The molecule has 3 rings (SSSR count). The molecular weight excluding hydrogens is 544 g/mol. The van der Waals surface area contributed by atoms with Crippen LogP contribution in [0.25, 0.3) is 10.4 Å². The number of likely N-dealkylation sites (N-methyl/N-ethyl adjacent to an activating group) is 1. The Morgan fingerprint density at radius 1 is 1.18 bits per heavy atom. The van der Waals surface area contributed by atoms with Gasteiger partial charge >= 0.3 is 18.0 Å². The van der Waals surface area contributed by atoms with Crippen LogP contribution >= 0.6 is 11.8 Å². The molecule has 40 heavy (non-hydrogen) atoms. The quantitative estimate of drug-likeness (QED) is 0.0973. The molecule has 2 atom stereocenters. The Bertz CT molecular complexity index is 1230. The van der Waals surface area contributed by atoms with E-state index in [0.717, 1.165) is 5.56 Å². The van der Waals surface area contributed by atoms with E-state index in [2.05, 4.69) is 15.3 Å². The normalized spacial score (nSPS) is 17.6. The third kappa shape index (κ3) is 7.67. The maximum absolute atomic E-state index is 13.1. The highest BCUT2D eigenvalue weighted by Gasteiger charge is 2.54. The highest BCUT2D eigenvalue weighted by Crippen LogP contribution is 2.40. The summed E-state index contributed by atoms with van der Waals surface area (Å²) < 4.78 is 15.3. The van der Waals surface area contributed by atoms with Crippen molar-refractivity contribution < 1.29 is 38.2 Å². The van der Waals surface area contributed by atoms with E-state index in [-0.39, 0.29) is 56.7 Å². The van der Waals surface area contributed by atoms with Gasteiger partial charge in [-0.2, -0.15) is 0 Å². The molecule has 214 valence electrons. The minimum absolute atomic E-state index is 0.0272. The van der Waals surface area contributed by atoms with Crippen molar-refractivity contribution in [2.75, 3.05) is 39.2 Å². The van der Waals surface area contributed by atoms with Crippen molar-refractivity contribution in [1.82, 2.24) is 15.1 Å². The van der Waals surface area contributed by atoms with Gasteiger partial charge in [0.15, 0.2) is 0 Å². The molecule has 1 aromatic carbocycles. The number of esters is 2. The lowest BCUT2D eigenvalue weighted by Crippen LogP contribution is -2.70. The molecule has 14 nitrogen and oxygen atoms in total. The number of amides is 3. The van der Waals surface area contributed by atoms with E-state index in [9.17, 15) is 24.0 Å². The van der Waals surface area contributed by atoms with Crippen molar-refractivity contribution in [3.8, 4) is 0 Å². The van der Waals surface area contributed by atoms with Crippen LogP contribution in [0, 0.1) is 0 Å². The molecule has 2 aliphatic heterocycles. The third-order valence-electron chi connectivity index (χ3n) is 5.95. The number of nitrogens with one attached hydrogen (secondary N) is 1. The Balaban J connectivity index is 1.64. The number of thioether (sulfide) groups is 1. The standard InChI is InChI=1S/C25H30N6O8S/c1-4-37-25(36)30(3)9-10-38-24(35)21-18(13-39-15(2)32)14-40-23-20(22(34)31(21)23)28-19(33)11-16-5-7-17(8-6-16)12-27-29-26/h5-8,20,23H,4,9-14H2,1-3H3,(H,28,33). The second-order valence-corrected chi connectivity index (χ2v) is 9.93. The third-order valence-corrected chi connectivity index (χ3v) is 7.29. The van der Waals surface area contributed by atoms with Crippen LogP contribution in [0.2, 0.25) is 0 Å². The number of β-lactam (4-membered cyclic amide) rings is 1. The molecule has 15 heteroatoms. The zero-order chi connectivity index (χ0) is 29.2. The monoisotopic (exact) mass is 574 g/mol. The molecular formula is C25H30N6O8S. The smallest absolute Gasteiger partial charge is 0.409 e. The molecule has 2 aliphatic rings. The predicted octanol–water partition coefficient (Wildman–Crippen LogP) is 1.89. The van der Waals surface area contributed by atoms with Crippen LogP contribution in [0.5, 0.6) is 0 Å². The fourth-order valence-corrected chi connectivity index (χ4v) is 5.25. The second kappa shape index (κ2) is 14.2. The van der Waals surface area contributed by atoms with E-state index in [0.29, 0.717) is 11.1 Å². The Kier molecular flexibility index (Phi) is 10.8. The molecule has 0 aromatic heterocycles. The number of azide groups is 1. The zero-order valence-corrected chi connectivity index (χ0v) is 23.1. The first kappa shape index (κ1) is 30.3. The minimum Gasteiger partial charge on any atom is -0.461 e. The van der Waals surface area contributed by atoms with Gasteiger partial charge in [-0.05, 0) is 23.6 Å². The molecule has 0 aliphatic carbocycles. The minimum atomic E-state index is -0.852. The molecule has 3 amide bonds. The summed E-state index contributed by atoms with van der Waals surface area (Å²) in [5, 5.41) is 5.68. The molecule has 2 heterocycles. The average molecular weight is 575 g/mol. The van der Waals surface area contributed by atoms with Gasteiger partial charge in [-0.3, -0.25) is 19.3 Å². The van der Waals surface area contributed by atoms with E-state index in [1.54, 1.807) is 31.2 Å².